The zero-order valence-electron chi connectivity index (χ0n) is 8.05. The first-order valence-corrected chi connectivity index (χ1v) is 4.49. The molecule has 0 aliphatic heterocycles. The van der Waals surface area contributed by atoms with Crippen molar-refractivity contribution in [3.63, 3.8) is 0 Å². The molecule has 0 bridgehead atoms. The zero-order chi connectivity index (χ0) is 9.84. The molecule has 0 aliphatic rings. The van der Waals surface area contributed by atoms with Crippen LogP contribution in [0.2, 0.25) is 0 Å². The second-order valence-corrected chi connectivity index (χ2v) is 3.56. The minimum Gasteiger partial charge on any atom is -0.396 e. The van der Waals surface area contributed by atoms with Crippen LogP contribution in [0.5, 0.6) is 0 Å². The molecule has 0 amide bonds. The molecule has 0 radical (unpaired) electrons. The Morgan fingerprint density at radius 1 is 1.46 bits per heavy atom. The fourth-order valence-electron chi connectivity index (χ4n) is 1.30. The molecule has 1 unspecified atom stereocenters. The summed E-state index contributed by atoms with van der Waals surface area (Å²) in [7, 11) is 0. The average molecular weight is 182 g/mol. The monoisotopic (exact) mass is 182 g/mol. The van der Waals surface area contributed by atoms with Crippen molar-refractivity contribution < 1.29 is 9.50 Å². The van der Waals surface area contributed by atoms with Crippen molar-refractivity contribution in [1.82, 2.24) is 0 Å². The minimum atomic E-state index is -0.203. The van der Waals surface area contributed by atoms with Gasteiger partial charge in [-0.2, -0.15) is 0 Å². The van der Waals surface area contributed by atoms with Gasteiger partial charge in [-0.25, -0.2) is 4.39 Å². The van der Waals surface area contributed by atoms with E-state index in [4.69, 9.17) is 5.11 Å². The molecule has 0 fully saturated rings. The Kier molecular flexibility index (Phi) is 3.43. The Balaban J connectivity index is 2.81. The Morgan fingerprint density at radius 3 is 2.77 bits per heavy atom. The van der Waals surface area contributed by atoms with Crippen molar-refractivity contribution in [2.45, 2.75) is 20.3 Å². The number of aliphatic hydroxyl groups is 1. The highest BCUT2D eigenvalue weighted by Gasteiger charge is 2.05. The van der Waals surface area contributed by atoms with Gasteiger partial charge in [0.25, 0.3) is 0 Å². The molecule has 1 aromatic carbocycles. The highest BCUT2D eigenvalue weighted by atomic mass is 19.1. The van der Waals surface area contributed by atoms with Crippen LogP contribution in [0.15, 0.2) is 18.2 Å². The highest BCUT2D eigenvalue weighted by Crippen LogP contribution is 2.14. The second-order valence-electron chi connectivity index (χ2n) is 3.56. The Hall–Kier alpha value is -0.890. The molecule has 0 aliphatic carbocycles. The molecule has 1 aromatic rings. The van der Waals surface area contributed by atoms with Gasteiger partial charge in [-0.3, -0.25) is 0 Å². The van der Waals surface area contributed by atoms with Crippen LogP contribution >= 0.6 is 0 Å². The first-order chi connectivity index (χ1) is 6.13. The fraction of sp³-hybridized carbons (Fsp3) is 0.455. The van der Waals surface area contributed by atoms with Gasteiger partial charge in [0.1, 0.15) is 5.82 Å². The van der Waals surface area contributed by atoms with Gasteiger partial charge in [0, 0.05) is 6.61 Å². The van der Waals surface area contributed by atoms with Crippen molar-refractivity contribution in [2.75, 3.05) is 6.61 Å². The van der Waals surface area contributed by atoms with E-state index in [9.17, 15) is 4.39 Å². The van der Waals surface area contributed by atoms with E-state index in [0.717, 1.165) is 17.5 Å². The lowest BCUT2D eigenvalue weighted by Gasteiger charge is -2.10. The first kappa shape index (κ1) is 10.2. The summed E-state index contributed by atoms with van der Waals surface area (Å²) in [5.74, 6) is -0.00811. The van der Waals surface area contributed by atoms with Crippen LogP contribution < -0.4 is 0 Å². The van der Waals surface area contributed by atoms with Gasteiger partial charge in [0.05, 0.1) is 0 Å². The van der Waals surface area contributed by atoms with Gasteiger partial charge in [-0.1, -0.05) is 13.0 Å². The molecular formula is C11H15FO. The Labute approximate surface area is 78.2 Å². The fourth-order valence-corrected chi connectivity index (χ4v) is 1.30. The van der Waals surface area contributed by atoms with E-state index in [1.807, 2.05) is 13.8 Å². The molecule has 13 heavy (non-hydrogen) atoms. The molecule has 0 saturated heterocycles. The van der Waals surface area contributed by atoms with E-state index in [2.05, 4.69) is 0 Å². The smallest absolute Gasteiger partial charge is 0.123 e. The van der Waals surface area contributed by atoms with E-state index in [1.54, 1.807) is 12.1 Å². The molecular weight excluding hydrogens is 167 g/mol. The molecule has 1 atom stereocenters. The summed E-state index contributed by atoms with van der Waals surface area (Å²) in [6.07, 6.45) is 0.736. The molecule has 1 nitrogen and oxygen atoms in total. The van der Waals surface area contributed by atoms with Gasteiger partial charge in [-0.05, 0) is 42.5 Å². The van der Waals surface area contributed by atoms with Gasteiger partial charge in [0.2, 0.25) is 0 Å². The van der Waals surface area contributed by atoms with E-state index in [-0.39, 0.29) is 18.3 Å². The summed E-state index contributed by atoms with van der Waals surface area (Å²) in [5, 5.41) is 8.86. The third-order valence-electron chi connectivity index (χ3n) is 2.19. The Bertz CT molecular complexity index is 283. The predicted molar refractivity (Wildman–Crippen MR) is 51.1 cm³/mol. The maximum Gasteiger partial charge on any atom is 0.123 e. The summed E-state index contributed by atoms with van der Waals surface area (Å²) in [4.78, 5) is 0. The van der Waals surface area contributed by atoms with Gasteiger partial charge >= 0.3 is 0 Å². The number of hydrogen-bond donors (Lipinski definition) is 1. The molecule has 1 N–H and O–H groups in total. The van der Waals surface area contributed by atoms with Gasteiger partial charge < -0.3 is 5.11 Å². The van der Waals surface area contributed by atoms with E-state index in [1.165, 1.54) is 6.07 Å². The summed E-state index contributed by atoms with van der Waals surface area (Å²) in [6, 6.07) is 4.78. The average Bonchev–Trinajstić information content (AvgIpc) is 2.11. The maximum atomic E-state index is 12.8. The second kappa shape index (κ2) is 4.38. The van der Waals surface area contributed by atoms with E-state index < -0.39 is 0 Å². The molecule has 2 heteroatoms. The number of halogens is 1. The van der Waals surface area contributed by atoms with Crippen molar-refractivity contribution in [2.24, 2.45) is 5.92 Å². The van der Waals surface area contributed by atoms with Crippen LogP contribution in [0.4, 0.5) is 4.39 Å². The molecule has 72 valence electrons. The summed E-state index contributed by atoms with van der Waals surface area (Å²) in [5.41, 5.74) is 2.07. The van der Waals surface area contributed by atoms with Crippen LogP contribution in [0, 0.1) is 18.7 Å². The Morgan fingerprint density at radius 2 is 2.15 bits per heavy atom. The summed E-state index contributed by atoms with van der Waals surface area (Å²) in [6.45, 7) is 4.05. The summed E-state index contributed by atoms with van der Waals surface area (Å²) >= 11 is 0. The lowest BCUT2D eigenvalue weighted by Crippen LogP contribution is -2.06. The van der Waals surface area contributed by atoms with Crippen molar-refractivity contribution >= 4 is 0 Å². The van der Waals surface area contributed by atoms with Gasteiger partial charge in [0.15, 0.2) is 0 Å². The number of aryl methyl sites for hydroxylation is 1. The zero-order valence-corrected chi connectivity index (χ0v) is 8.05. The normalized spacial score (nSPS) is 12.9. The van der Waals surface area contributed by atoms with E-state index >= 15 is 0 Å². The van der Waals surface area contributed by atoms with Gasteiger partial charge in [-0.15, -0.1) is 0 Å². The quantitative estimate of drug-likeness (QED) is 0.760. The minimum absolute atomic E-state index is 0.149. The van der Waals surface area contributed by atoms with Crippen LogP contribution in [0.1, 0.15) is 18.1 Å². The maximum absolute atomic E-state index is 12.8. The highest BCUT2D eigenvalue weighted by molar-refractivity contribution is 5.26. The number of hydrogen-bond acceptors (Lipinski definition) is 1. The lowest BCUT2D eigenvalue weighted by atomic mass is 9.98. The SMILES string of the molecule is Cc1ccc(F)cc1CC(C)CO. The summed E-state index contributed by atoms with van der Waals surface area (Å²) < 4.78 is 12.8. The van der Waals surface area contributed by atoms with Crippen LogP contribution in [0.25, 0.3) is 0 Å². The van der Waals surface area contributed by atoms with Crippen molar-refractivity contribution in [3.05, 3.63) is 35.1 Å². The molecule has 0 saturated carbocycles. The lowest BCUT2D eigenvalue weighted by molar-refractivity contribution is 0.237. The third-order valence-corrected chi connectivity index (χ3v) is 2.19. The third kappa shape index (κ3) is 2.81. The first-order valence-electron chi connectivity index (χ1n) is 4.49. The van der Waals surface area contributed by atoms with Crippen LogP contribution in [-0.4, -0.2) is 11.7 Å². The molecule has 0 aromatic heterocycles. The molecule has 1 rings (SSSR count). The molecule has 0 spiro atoms. The van der Waals surface area contributed by atoms with E-state index in [0.29, 0.717) is 0 Å². The largest absolute Gasteiger partial charge is 0.396 e. The topological polar surface area (TPSA) is 20.2 Å². The van der Waals surface area contributed by atoms with Crippen LogP contribution in [0.3, 0.4) is 0 Å². The number of benzene rings is 1. The standard InChI is InChI=1S/C11H15FO/c1-8(7-13)5-10-6-11(12)4-3-9(10)2/h3-4,6,8,13H,5,7H2,1-2H3. The molecule has 0 heterocycles. The predicted octanol–water partition coefficient (Wildman–Crippen LogP) is 2.31. The number of aliphatic hydroxyl groups excluding tert-OH is 1. The van der Waals surface area contributed by atoms with Crippen molar-refractivity contribution in [1.29, 1.82) is 0 Å². The van der Waals surface area contributed by atoms with Crippen molar-refractivity contribution in [3.8, 4) is 0 Å². The number of rotatable bonds is 3. The van der Waals surface area contributed by atoms with Crippen LogP contribution in [-0.2, 0) is 6.42 Å².